The number of nitrogens with zero attached hydrogens (tertiary/aromatic N) is 3. The van der Waals surface area contributed by atoms with Crippen LogP contribution in [-0.2, 0) is 4.79 Å². The quantitative estimate of drug-likeness (QED) is 0.908. The van der Waals surface area contributed by atoms with Crippen molar-refractivity contribution in [3.8, 4) is 0 Å². The van der Waals surface area contributed by atoms with E-state index < -0.39 is 0 Å². The molecule has 1 aliphatic rings. The van der Waals surface area contributed by atoms with Crippen molar-refractivity contribution in [3.05, 3.63) is 17.4 Å². The molecule has 0 aliphatic carbocycles. The van der Waals surface area contributed by atoms with Crippen LogP contribution in [0, 0.1) is 5.92 Å². The van der Waals surface area contributed by atoms with Gasteiger partial charge in [-0.25, -0.2) is 9.97 Å². The van der Waals surface area contributed by atoms with Crippen LogP contribution in [0.2, 0.25) is 5.02 Å². The molecule has 98 valence electrons. The molecule has 1 aromatic heterocycles. The van der Waals surface area contributed by atoms with Crippen molar-refractivity contribution in [2.45, 2.75) is 19.8 Å². The van der Waals surface area contributed by atoms with E-state index in [0.717, 1.165) is 32.5 Å². The van der Waals surface area contributed by atoms with E-state index in [-0.39, 0.29) is 5.91 Å². The van der Waals surface area contributed by atoms with E-state index in [0.29, 0.717) is 16.9 Å². The molecule has 0 bridgehead atoms. The van der Waals surface area contributed by atoms with Crippen molar-refractivity contribution in [2.24, 2.45) is 5.92 Å². The number of likely N-dealkylation sites (tertiary alicyclic amines) is 1. The largest absolute Gasteiger partial charge is 0.354 e. The zero-order chi connectivity index (χ0) is 13.0. The molecule has 1 aromatic rings. The van der Waals surface area contributed by atoms with Gasteiger partial charge in [-0.05, 0) is 18.8 Å². The highest BCUT2D eigenvalue weighted by Gasteiger charge is 2.20. The van der Waals surface area contributed by atoms with Crippen LogP contribution in [0.25, 0.3) is 0 Å². The van der Waals surface area contributed by atoms with Crippen LogP contribution in [0.3, 0.4) is 0 Å². The molecule has 0 saturated carbocycles. The summed E-state index contributed by atoms with van der Waals surface area (Å²) < 4.78 is 0. The van der Waals surface area contributed by atoms with Crippen molar-refractivity contribution >= 4 is 23.5 Å². The van der Waals surface area contributed by atoms with Crippen LogP contribution in [0.1, 0.15) is 19.8 Å². The number of nitrogens with one attached hydrogen (secondary N) is 1. The minimum atomic E-state index is 0.169. The molecule has 18 heavy (non-hydrogen) atoms. The Hall–Kier alpha value is -1.36. The van der Waals surface area contributed by atoms with Gasteiger partial charge in [0.25, 0.3) is 0 Å². The Morgan fingerprint density at radius 1 is 1.44 bits per heavy atom. The summed E-state index contributed by atoms with van der Waals surface area (Å²) in [5.41, 5.74) is 0. The molecule has 1 N–H and O–H groups in total. The van der Waals surface area contributed by atoms with Gasteiger partial charge in [0.2, 0.25) is 11.9 Å². The van der Waals surface area contributed by atoms with Crippen LogP contribution >= 0.6 is 11.6 Å². The van der Waals surface area contributed by atoms with Gasteiger partial charge in [-0.3, -0.25) is 4.79 Å². The topological polar surface area (TPSA) is 58.1 Å². The lowest BCUT2D eigenvalue weighted by Crippen LogP contribution is -2.38. The summed E-state index contributed by atoms with van der Waals surface area (Å²) in [7, 11) is 0. The first-order chi connectivity index (χ1) is 8.65. The van der Waals surface area contributed by atoms with Crippen LogP contribution in [0.5, 0.6) is 0 Å². The molecule has 1 saturated heterocycles. The van der Waals surface area contributed by atoms with E-state index >= 15 is 0 Å². The van der Waals surface area contributed by atoms with Gasteiger partial charge in [0.1, 0.15) is 0 Å². The predicted molar refractivity (Wildman–Crippen MR) is 70.5 cm³/mol. The van der Waals surface area contributed by atoms with Gasteiger partial charge in [-0.15, -0.1) is 0 Å². The average Bonchev–Trinajstić information content (AvgIpc) is 2.38. The fourth-order valence-electron chi connectivity index (χ4n) is 2.09. The van der Waals surface area contributed by atoms with Gasteiger partial charge in [-0.2, -0.15) is 0 Å². The van der Waals surface area contributed by atoms with Gasteiger partial charge in [-0.1, -0.05) is 11.6 Å². The third-order valence-electron chi connectivity index (χ3n) is 3.23. The Labute approximate surface area is 112 Å². The Morgan fingerprint density at radius 2 is 2.06 bits per heavy atom. The Balaban J connectivity index is 1.75. The second-order valence-corrected chi connectivity index (χ2v) is 4.99. The van der Waals surface area contributed by atoms with E-state index in [1.54, 1.807) is 19.3 Å². The second kappa shape index (κ2) is 6.00. The van der Waals surface area contributed by atoms with E-state index in [1.807, 2.05) is 4.90 Å². The number of amides is 1. The maximum atomic E-state index is 11.2. The van der Waals surface area contributed by atoms with Crippen LogP contribution in [-0.4, -0.2) is 40.4 Å². The summed E-state index contributed by atoms with van der Waals surface area (Å²) in [6.45, 7) is 4.17. The minimum absolute atomic E-state index is 0.169. The summed E-state index contributed by atoms with van der Waals surface area (Å²) in [5.74, 6) is 1.34. The van der Waals surface area contributed by atoms with Crippen molar-refractivity contribution in [3.63, 3.8) is 0 Å². The molecular weight excluding hydrogens is 252 g/mol. The maximum absolute atomic E-state index is 11.2. The lowest BCUT2D eigenvalue weighted by atomic mass is 9.97. The number of anilines is 1. The number of piperidine rings is 1. The molecule has 0 unspecified atom stereocenters. The first kappa shape index (κ1) is 13.1. The van der Waals surface area contributed by atoms with E-state index in [2.05, 4.69) is 15.3 Å². The standard InChI is InChI=1S/C12H17ClN4O/c1-9(18)17-4-2-10(3-5-17)6-14-12-15-7-11(13)8-16-12/h7-8,10H,2-6H2,1H3,(H,14,15,16). The third-order valence-corrected chi connectivity index (χ3v) is 3.42. The Bertz CT molecular complexity index is 401. The summed E-state index contributed by atoms with van der Waals surface area (Å²) in [5, 5.41) is 3.74. The number of hydrogen-bond donors (Lipinski definition) is 1. The van der Waals surface area contributed by atoms with Gasteiger partial charge in [0.05, 0.1) is 17.4 Å². The predicted octanol–water partition coefficient (Wildman–Crippen LogP) is 1.80. The number of rotatable bonds is 3. The maximum Gasteiger partial charge on any atom is 0.222 e. The number of halogens is 1. The Kier molecular flexibility index (Phi) is 4.36. The smallest absolute Gasteiger partial charge is 0.222 e. The molecule has 0 atom stereocenters. The summed E-state index contributed by atoms with van der Waals surface area (Å²) in [6.07, 6.45) is 5.21. The average molecular weight is 269 g/mol. The molecule has 0 spiro atoms. The fraction of sp³-hybridized carbons (Fsp3) is 0.583. The number of carbonyl (C=O) groups excluding carboxylic acids is 1. The normalized spacial score (nSPS) is 16.7. The molecule has 1 amide bonds. The zero-order valence-corrected chi connectivity index (χ0v) is 11.2. The van der Waals surface area contributed by atoms with Crippen molar-refractivity contribution in [2.75, 3.05) is 25.0 Å². The minimum Gasteiger partial charge on any atom is -0.354 e. The second-order valence-electron chi connectivity index (χ2n) is 4.56. The molecular formula is C12H17ClN4O. The van der Waals surface area contributed by atoms with Gasteiger partial charge >= 0.3 is 0 Å². The van der Waals surface area contributed by atoms with Gasteiger partial charge in [0, 0.05) is 26.6 Å². The third kappa shape index (κ3) is 3.57. The lowest BCUT2D eigenvalue weighted by Gasteiger charge is -2.31. The highest BCUT2D eigenvalue weighted by Crippen LogP contribution is 2.17. The highest BCUT2D eigenvalue weighted by atomic mass is 35.5. The van der Waals surface area contributed by atoms with Gasteiger partial charge in [0.15, 0.2) is 0 Å². The van der Waals surface area contributed by atoms with Crippen LogP contribution < -0.4 is 5.32 Å². The summed E-state index contributed by atoms with van der Waals surface area (Å²) >= 11 is 5.72. The Morgan fingerprint density at radius 3 is 2.61 bits per heavy atom. The molecule has 6 heteroatoms. The lowest BCUT2D eigenvalue weighted by molar-refractivity contribution is -0.130. The number of aromatic nitrogens is 2. The SMILES string of the molecule is CC(=O)N1CCC(CNc2ncc(Cl)cn2)CC1. The van der Waals surface area contributed by atoms with Crippen LogP contribution in [0.15, 0.2) is 12.4 Å². The first-order valence-electron chi connectivity index (χ1n) is 6.12. The summed E-state index contributed by atoms with van der Waals surface area (Å²) in [4.78, 5) is 21.3. The number of hydrogen-bond acceptors (Lipinski definition) is 4. The van der Waals surface area contributed by atoms with E-state index in [4.69, 9.17) is 11.6 Å². The molecule has 2 rings (SSSR count). The fourth-order valence-corrected chi connectivity index (χ4v) is 2.19. The molecule has 1 fully saturated rings. The monoisotopic (exact) mass is 268 g/mol. The molecule has 0 radical (unpaired) electrons. The first-order valence-corrected chi connectivity index (χ1v) is 6.50. The van der Waals surface area contributed by atoms with E-state index in [1.165, 1.54) is 0 Å². The summed E-state index contributed by atoms with van der Waals surface area (Å²) in [6, 6.07) is 0. The number of carbonyl (C=O) groups is 1. The molecule has 2 heterocycles. The molecule has 5 nitrogen and oxygen atoms in total. The highest BCUT2D eigenvalue weighted by molar-refractivity contribution is 6.30. The van der Waals surface area contributed by atoms with Gasteiger partial charge < -0.3 is 10.2 Å². The van der Waals surface area contributed by atoms with Crippen molar-refractivity contribution in [1.82, 2.24) is 14.9 Å². The zero-order valence-electron chi connectivity index (χ0n) is 10.4. The molecule has 0 aromatic carbocycles. The van der Waals surface area contributed by atoms with Crippen LogP contribution in [0.4, 0.5) is 5.95 Å². The van der Waals surface area contributed by atoms with Crippen molar-refractivity contribution < 1.29 is 4.79 Å². The van der Waals surface area contributed by atoms with E-state index in [9.17, 15) is 4.79 Å². The van der Waals surface area contributed by atoms with Crippen molar-refractivity contribution in [1.29, 1.82) is 0 Å². The molecule has 1 aliphatic heterocycles.